The molecule has 0 aliphatic carbocycles. The quantitative estimate of drug-likeness (QED) is 0.582. The van der Waals surface area contributed by atoms with E-state index in [4.69, 9.17) is 9.47 Å². The Morgan fingerprint density at radius 2 is 2.00 bits per heavy atom. The van der Waals surface area contributed by atoms with Crippen molar-refractivity contribution in [2.45, 2.75) is 56.8 Å². The van der Waals surface area contributed by atoms with Crippen molar-refractivity contribution in [3.05, 3.63) is 53.9 Å². The number of pyridine rings is 1. The van der Waals surface area contributed by atoms with E-state index in [1.807, 2.05) is 37.3 Å². The standard InChI is InChI=1S/C24H29N3O5/c1-2-7-26-22(29)13-17-12-19-18-11-16(27-23(30)10-15-5-8-25-9-6-15)3-4-20(18)32-24(19)21(14-28)31-17/h3-6,8-9,11,17,19,21,24,28H,2,7,10,12-14H2,1H3,(H,26,29)(H,27,30)/t17-,19-,21-,24+/m0/s1. The van der Waals surface area contributed by atoms with Gasteiger partial charge in [0.2, 0.25) is 11.8 Å². The van der Waals surface area contributed by atoms with E-state index in [0.717, 1.165) is 23.3 Å². The zero-order valence-electron chi connectivity index (χ0n) is 18.1. The van der Waals surface area contributed by atoms with Crippen molar-refractivity contribution in [2.24, 2.45) is 0 Å². The van der Waals surface area contributed by atoms with Crippen LogP contribution >= 0.6 is 0 Å². The van der Waals surface area contributed by atoms with E-state index in [0.29, 0.717) is 18.7 Å². The number of aromatic nitrogens is 1. The Balaban J connectivity index is 1.45. The summed E-state index contributed by atoms with van der Waals surface area (Å²) in [6, 6.07) is 9.21. The van der Waals surface area contributed by atoms with Gasteiger partial charge in [0.05, 0.1) is 25.6 Å². The van der Waals surface area contributed by atoms with E-state index in [1.165, 1.54) is 0 Å². The van der Waals surface area contributed by atoms with Gasteiger partial charge in [-0.15, -0.1) is 0 Å². The number of fused-ring (bicyclic) bond motifs is 3. The SMILES string of the molecule is CCCNC(=O)C[C@@H]1C[C@H]2c3cc(NC(=O)Cc4ccncc4)ccc3O[C@H]2[C@H](CO)O1. The second-order valence-electron chi connectivity index (χ2n) is 8.29. The summed E-state index contributed by atoms with van der Waals surface area (Å²) < 4.78 is 12.1. The highest BCUT2D eigenvalue weighted by Crippen LogP contribution is 2.47. The summed E-state index contributed by atoms with van der Waals surface area (Å²) >= 11 is 0. The molecule has 1 aromatic carbocycles. The second-order valence-corrected chi connectivity index (χ2v) is 8.29. The zero-order valence-corrected chi connectivity index (χ0v) is 18.1. The number of carbonyl (C=O) groups excluding carboxylic acids is 2. The summed E-state index contributed by atoms with van der Waals surface area (Å²) in [6.07, 6.45) is 4.20. The molecule has 2 amide bonds. The van der Waals surface area contributed by atoms with Crippen molar-refractivity contribution < 1.29 is 24.2 Å². The number of nitrogens with zero attached hydrogens (tertiary/aromatic N) is 1. The molecule has 1 saturated heterocycles. The maximum Gasteiger partial charge on any atom is 0.228 e. The summed E-state index contributed by atoms with van der Waals surface area (Å²) in [6.45, 7) is 2.46. The number of aliphatic hydroxyl groups excluding tert-OH is 1. The Labute approximate surface area is 187 Å². The highest BCUT2D eigenvalue weighted by molar-refractivity contribution is 5.92. The molecule has 1 fully saturated rings. The molecule has 2 aliphatic rings. The number of ether oxygens (including phenoxy) is 2. The van der Waals surface area contributed by atoms with E-state index in [2.05, 4.69) is 15.6 Å². The second kappa shape index (κ2) is 10.1. The smallest absolute Gasteiger partial charge is 0.228 e. The predicted molar refractivity (Wildman–Crippen MR) is 118 cm³/mol. The van der Waals surface area contributed by atoms with Crippen LogP contribution in [0.2, 0.25) is 0 Å². The lowest BCUT2D eigenvalue weighted by Gasteiger charge is -2.37. The van der Waals surface area contributed by atoms with E-state index < -0.39 is 6.10 Å². The van der Waals surface area contributed by atoms with Gasteiger partial charge in [0.1, 0.15) is 18.0 Å². The van der Waals surface area contributed by atoms with Crippen LogP contribution in [0.4, 0.5) is 5.69 Å². The van der Waals surface area contributed by atoms with E-state index >= 15 is 0 Å². The number of anilines is 1. The van der Waals surface area contributed by atoms with Gasteiger partial charge in [-0.2, -0.15) is 0 Å². The van der Waals surface area contributed by atoms with Gasteiger partial charge in [-0.3, -0.25) is 14.6 Å². The van der Waals surface area contributed by atoms with Crippen LogP contribution in [0.1, 0.15) is 43.2 Å². The van der Waals surface area contributed by atoms with Crippen LogP contribution in [0, 0.1) is 0 Å². The Kier molecular flexibility index (Phi) is 7.02. The number of hydrogen-bond acceptors (Lipinski definition) is 6. The molecular formula is C24H29N3O5. The van der Waals surface area contributed by atoms with Crippen LogP contribution in [0.25, 0.3) is 0 Å². The topological polar surface area (TPSA) is 110 Å². The van der Waals surface area contributed by atoms with Gasteiger partial charge >= 0.3 is 0 Å². The molecule has 8 heteroatoms. The van der Waals surface area contributed by atoms with Gasteiger partial charge in [0, 0.05) is 36.1 Å². The fraction of sp³-hybridized carbons (Fsp3) is 0.458. The fourth-order valence-electron chi connectivity index (χ4n) is 4.40. The molecule has 0 radical (unpaired) electrons. The van der Waals surface area contributed by atoms with Gasteiger partial charge in [-0.05, 0) is 48.7 Å². The minimum absolute atomic E-state index is 0.0167. The first-order valence-electron chi connectivity index (χ1n) is 11.1. The summed E-state index contributed by atoms with van der Waals surface area (Å²) in [4.78, 5) is 28.6. The highest BCUT2D eigenvalue weighted by atomic mass is 16.6. The maximum atomic E-state index is 12.5. The molecule has 0 saturated carbocycles. The lowest BCUT2D eigenvalue weighted by atomic mass is 9.84. The normalized spacial score (nSPS) is 23.6. The molecule has 170 valence electrons. The van der Waals surface area contributed by atoms with E-state index in [9.17, 15) is 14.7 Å². The van der Waals surface area contributed by atoms with Crippen molar-refractivity contribution in [1.82, 2.24) is 10.3 Å². The van der Waals surface area contributed by atoms with Crippen LogP contribution < -0.4 is 15.4 Å². The average Bonchev–Trinajstić information content (AvgIpc) is 3.15. The lowest BCUT2D eigenvalue weighted by molar-refractivity contribution is -0.142. The molecule has 3 N–H and O–H groups in total. The van der Waals surface area contributed by atoms with Crippen molar-refractivity contribution in [3.63, 3.8) is 0 Å². The van der Waals surface area contributed by atoms with Gasteiger partial charge in [-0.25, -0.2) is 0 Å². The number of rotatable bonds is 8. The van der Waals surface area contributed by atoms with Crippen molar-refractivity contribution in [3.8, 4) is 5.75 Å². The number of benzene rings is 1. The number of amides is 2. The molecule has 3 heterocycles. The van der Waals surface area contributed by atoms with Crippen LogP contribution in [0.5, 0.6) is 5.75 Å². The van der Waals surface area contributed by atoms with Gasteiger partial charge in [0.15, 0.2) is 0 Å². The summed E-state index contributed by atoms with van der Waals surface area (Å²) in [5, 5.41) is 15.7. The molecule has 0 spiro atoms. The van der Waals surface area contributed by atoms with Crippen LogP contribution in [0.3, 0.4) is 0 Å². The first-order chi connectivity index (χ1) is 15.6. The number of aliphatic hydroxyl groups is 1. The van der Waals surface area contributed by atoms with Gasteiger partial charge in [0.25, 0.3) is 0 Å². The lowest BCUT2D eigenvalue weighted by Crippen LogP contribution is -2.47. The Morgan fingerprint density at radius 3 is 2.75 bits per heavy atom. The van der Waals surface area contributed by atoms with Crippen molar-refractivity contribution >= 4 is 17.5 Å². The third-order valence-electron chi connectivity index (χ3n) is 5.88. The molecule has 8 nitrogen and oxygen atoms in total. The minimum Gasteiger partial charge on any atom is -0.487 e. The number of hydrogen-bond donors (Lipinski definition) is 3. The number of carbonyl (C=O) groups is 2. The van der Waals surface area contributed by atoms with Crippen LogP contribution in [0.15, 0.2) is 42.7 Å². The molecule has 4 atom stereocenters. The largest absolute Gasteiger partial charge is 0.487 e. The van der Waals surface area contributed by atoms with E-state index in [1.54, 1.807) is 12.4 Å². The first-order valence-corrected chi connectivity index (χ1v) is 11.1. The highest BCUT2D eigenvalue weighted by Gasteiger charge is 2.46. The maximum absolute atomic E-state index is 12.5. The monoisotopic (exact) mass is 439 g/mol. The van der Waals surface area contributed by atoms with Gasteiger partial charge in [-0.1, -0.05) is 6.92 Å². The Morgan fingerprint density at radius 1 is 1.19 bits per heavy atom. The van der Waals surface area contributed by atoms with Gasteiger partial charge < -0.3 is 25.2 Å². The molecule has 1 aromatic heterocycles. The Bertz CT molecular complexity index is 952. The summed E-state index contributed by atoms with van der Waals surface area (Å²) in [7, 11) is 0. The molecule has 2 aliphatic heterocycles. The number of nitrogens with one attached hydrogen (secondary N) is 2. The fourth-order valence-corrected chi connectivity index (χ4v) is 4.40. The van der Waals surface area contributed by atoms with Crippen LogP contribution in [-0.4, -0.2) is 53.4 Å². The third kappa shape index (κ3) is 5.08. The predicted octanol–water partition coefficient (Wildman–Crippen LogP) is 2.17. The molecule has 0 bridgehead atoms. The minimum atomic E-state index is -0.505. The zero-order chi connectivity index (χ0) is 22.5. The Hall–Kier alpha value is -2.97. The molecule has 32 heavy (non-hydrogen) atoms. The molecular weight excluding hydrogens is 410 g/mol. The van der Waals surface area contributed by atoms with Crippen molar-refractivity contribution in [1.29, 1.82) is 0 Å². The first kappa shape index (κ1) is 22.2. The molecule has 2 aromatic rings. The summed E-state index contributed by atoms with van der Waals surface area (Å²) in [5.74, 6) is 0.544. The average molecular weight is 440 g/mol. The van der Waals surface area contributed by atoms with Crippen molar-refractivity contribution in [2.75, 3.05) is 18.5 Å². The molecule has 4 rings (SSSR count). The van der Waals surface area contributed by atoms with E-state index in [-0.39, 0.29) is 49.4 Å². The third-order valence-corrected chi connectivity index (χ3v) is 5.88. The molecule has 0 unspecified atom stereocenters. The van der Waals surface area contributed by atoms with Crippen LogP contribution in [-0.2, 0) is 20.7 Å². The summed E-state index contributed by atoms with van der Waals surface area (Å²) in [5.41, 5.74) is 2.55.